The Kier molecular flexibility index (Phi) is 4.46. The van der Waals surface area contributed by atoms with Crippen LogP contribution in [0.1, 0.15) is 26.3 Å². The summed E-state index contributed by atoms with van der Waals surface area (Å²) in [5.41, 5.74) is 1.31. The molecule has 0 aliphatic carbocycles. The van der Waals surface area contributed by atoms with Crippen LogP contribution in [0.5, 0.6) is 5.75 Å². The molecule has 0 amide bonds. The first-order valence-electron chi connectivity index (χ1n) is 6.67. The average molecular weight is 299 g/mol. The second kappa shape index (κ2) is 6.30. The SMILES string of the molecule is COc1ccc(C(=O)c2ccc(N(C)C)cc2C(=O)O)cc1. The molecule has 0 aliphatic rings. The number of hydrogen-bond donors (Lipinski definition) is 1. The van der Waals surface area contributed by atoms with Gasteiger partial charge in [0.1, 0.15) is 5.75 Å². The highest BCUT2D eigenvalue weighted by Gasteiger charge is 2.19. The lowest BCUT2D eigenvalue weighted by Crippen LogP contribution is -2.14. The van der Waals surface area contributed by atoms with Gasteiger partial charge in [0.2, 0.25) is 0 Å². The molecule has 0 bridgehead atoms. The molecule has 0 unspecified atom stereocenters. The number of rotatable bonds is 5. The number of ether oxygens (including phenoxy) is 1. The van der Waals surface area contributed by atoms with E-state index in [1.54, 1.807) is 48.4 Å². The molecule has 2 aromatic carbocycles. The van der Waals surface area contributed by atoms with Crippen LogP contribution in [0.4, 0.5) is 5.69 Å². The summed E-state index contributed by atoms with van der Waals surface area (Å²) in [6.07, 6.45) is 0. The summed E-state index contributed by atoms with van der Waals surface area (Å²) in [5.74, 6) is -0.816. The van der Waals surface area contributed by atoms with Crippen LogP contribution in [0.3, 0.4) is 0 Å². The number of carbonyl (C=O) groups is 2. The van der Waals surface area contributed by atoms with Crippen LogP contribution in [0, 0.1) is 0 Å². The van der Waals surface area contributed by atoms with Crippen molar-refractivity contribution in [2.45, 2.75) is 0 Å². The van der Waals surface area contributed by atoms with Crippen molar-refractivity contribution in [3.63, 3.8) is 0 Å². The van der Waals surface area contributed by atoms with Crippen LogP contribution in [-0.4, -0.2) is 38.1 Å². The Balaban J connectivity index is 2.45. The van der Waals surface area contributed by atoms with Gasteiger partial charge >= 0.3 is 5.97 Å². The van der Waals surface area contributed by atoms with Gasteiger partial charge in [0.15, 0.2) is 5.78 Å². The lowest BCUT2D eigenvalue weighted by atomic mass is 9.97. The van der Waals surface area contributed by atoms with Gasteiger partial charge in [-0.2, -0.15) is 0 Å². The van der Waals surface area contributed by atoms with E-state index in [2.05, 4.69) is 0 Å². The maximum atomic E-state index is 12.5. The molecule has 0 heterocycles. The fourth-order valence-electron chi connectivity index (χ4n) is 2.08. The third kappa shape index (κ3) is 3.09. The number of hydrogen-bond acceptors (Lipinski definition) is 4. The minimum atomic E-state index is -1.12. The molecule has 0 radical (unpaired) electrons. The first kappa shape index (κ1) is 15.6. The van der Waals surface area contributed by atoms with Crippen molar-refractivity contribution in [2.24, 2.45) is 0 Å². The molecule has 0 fully saturated rings. The molecule has 22 heavy (non-hydrogen) atoms. The van der Waals surface area contributed by atoms with E-state index in [0.717, 1.165) is 5.69 Å². The van der Waals surface area contributed by atoms with Crippen molar-refractivity contribution in [3.05, 3.63) is 59.2 Å². The number of aromatic carboxylic acids is 1. The molecule has 0 atom stereocenters. The number of methoxy groups -OCH3 is 1. The van der Waals surface area contributed by atoms with Crippen LogP contribution >= 0.6 is 0 Å². The number of carboxylic acids is 1. The van der Waals surface area contributed by atoms with Crippen LogP contribution < -0.4 is 9.64 Å². The second-order valence-electron chi connectivity index (χ2n) is 4.99. The molecule has 0 spiro atoms. The Bertz CT molecular complexity index is 705. The second-order valence-corrected chi connectivity index (χ2v) is 4.99. The van der Waals surface area contributed by atoms with E-state index in [0.29, 0.717) is 11.3 Å². The Labute approximate surface area is 128 Å². The molecule has 2 rings (SSSR count). The maximum absolute atomic E-state index is 12.5. The van der Waals surface area contributed by atoms with E-state index in [1.165, 1.54) is 6.07 Å². The molecule has 0 aliphatic heterocycles. The van der Waals surface area contributed by atoms with Gasteiger partial charge in [-0.3, -0.25) is 4.79 Å². The summed E-state index contributed by atoms with van der Waals surface area (Å²) in [4.78, 5) is 25.8. The molecular weight excluding hydrogens is 282 g/mol. The van der Waals surface area contributed by atoms with Crippen molar-refractivity contribution >= 4 is 17.4 Å². The summed E-state index contributed by atoms with van der Waals surface area (Å²) in [6, 6.07) is 11.3. The van der Waals surface area contributed by atoms with Gasteiger partial charge in [-0.15, -0.1) is 0 Å². The zero-order valence-corrected chi connectivity index (χ0v) is 12.7. The average Bonchev–Trinajstić information content (AvgIpc) is 2.53. The van der Waals surface area contributed by atoms with Gasteiger partial charge in [-0.25, -0.2) is 4.79 Å². The molecule has 114 valence electrons. The Hall–Kier alpha value is -2.82. The quantitative estimate of drug-likeness (QED) is 0.860. The van der Waals surface area contributed by atoms with Gasteiger partial charge in [0.05, 0.1) is 12.7 Å². The van der Waals surface area contributed by atoms with Crippen molar-refractivity contribution in [1.82, 2.24) is 0 Å². The minimum Gasteiger partial charge on any atom is -0.497 e. The monoisotopic (exact) mass is 299 g/mol. The highest BCUT2D eigenvalue weighted by Crippen LogP contribution is 2.22. The number of nitrogens with zero attached hydrogens (tertiary/aromatic N) is 1. The minimum absolute atomic E-state index is 0.00739. The predicted octanol–water partition coefficient (Wildman–Crippen LogP) is 2.69. The number of carbonyl (C=O) groups excluding carboxylic acids is 1. The van der Waals surface area contributed by atoms with Gasteiger partial charge in [-0.1, -0.05) is 0 Å². The summed E-state index contributed by atoms with van der Waals surface area (Å²) in [5, 5.41) is 9.36. The molecule has 1 N–H and O–H groups in total. The van der Waals surface area contributed by atoms with Crippen LogP contribution in [0.25, 0.3) is 0 Å². The van der Waals surface area contributed by atoms with Gasteiger partial charge in [0.25, 0.3) is 0 Å². The lowest BCUT2D eigenvalue weighted by Gasteiger charge is -2.14. The van der Waals surface area contributed by atoms with E-state index in [4.69, 9.17) is 4.74 Å². The normalized spacial score (nSPS) is 10.1. The molecule has 5 heteroatoms. The molecule has 5 nitrogen and oxygen atoms in total. The van der Waals surface area contributed by atoms with Crippen LogP contribution in [-0.2, 0) is 0 Å². The van der Waals surface area contributed by atoms with E-state index < -0.39 is 5.97 Å². The van der Waals surface area contributed by atoms with Crippen molar-refractivity contribution < 1.29 is 19.4 Å². The van der Waals surface area contributed by atoms with Crippen molar-refractivity contribution in [3.8, 4) is 5.75 Å². The highest BCUT2D eigenvalue weighted by molar-refractivity contribution is 6.14. The standard InChI is InChI=1S/C17H17NO4/c1-18(2)12-6-9-14(15(10-12)17(20)21)16(19)11-4-7-13(22-3)8-5-11/h4-10H,1-3H3,(H,20,21). The lowest BCUT2D eigenvalue weighted by molar-refractivity contribution is 0.0693. The van der Waals surface area contributed by atoms with Crippen molar-refractivity contribution in [1.29, 1.82) is 0 Å². The molecule has 0 aromatic heterocycles. The first-order valence-corrected chi connectivity index (χ1v) is 6.67. The molecule has 0 saturated heterocycles. The number of anilines is 1. The summed E-state index contributed by atoms with van der Waals surface area (Å²) >= 11 is 0. The summed E-state index contributed by atoms with van der Waals surface area (Å²) in [7, 11) is 5.16. The number of carboxylic acid groups (broad SMARTS) is 1. The first-order chi connectivity index (χ1) is 10.4. The summed E-state index contributed by atoms with van der Waals surface area (Å²) < 4.78 is 5.05. The largest absolute Gasteiger partial charge is 0.497 e. The van der Waals surface area contributed by atoms with E-state index in [1.807, 2.05) is 14.1 Å². The zero-order chi connectivity index (χ0) is 16.3. The van der Waals surface area contributed by atoms with E-state index in [9.17, 15) is 14.7 Å². The van der Waals surface area contributed by atoms with E-state index >= 15 is 0 Å². The van der Waals surface area contributed by atoms with Crippen molar-refractivity contribution in [2.75, 3.05) is 26.1 Å². The Morgan fingerprint density at radius 2 is 1.64 bits per heavy atom. The van der Waals surface area contributed by atoms with Gasteiger partial charge < -0.3 is 14.7 Å². The molecule has 2 aromatic rings. The highest BCUT2D eigenvalue weighted by atomic mass is 16.5. The zero-order valence-electron chi connectivity index (χ0n) is 12.7. The topological polar surface area (TPSA) is 66.8 Å². The third-order valence-electron chi connectivity index (χ3n) is 3.35. The fraction of sp³-hybridized carbons (Fsp3) is 0.176. The smallest absolute Gasteiger partial charge is 0.336 e. The van der Waals surface area contributed by atoms with E-state index in [-0.39, 0.29) is 16.9 Å². The fourth-order valence-corrected chi connectivity index (χ4v) is 2.08. The number of ketones is 1. The Morgan fingerprint density at radius 1 is 1.00 bits per heavy atom. The van der Waals surface area contributed by atoms with Crippen LogP contribution in [0.15, 0.2) is 42.5 Å². The summed E-state index contributed by atoms with van der Waals surface area (Å²) in [6.45, 7) is 0. The predicted molar refractivity (Wildman–Crippen MR) is 84.2 cm³/mol. The Morgan fingerprint density at radius 3 is 2.14 bits per heavy atom. The van der Waals surface area contributed by atoms with Gasteiger partial charge in [0, 0.05) is 30.9 Å². The molecular formula is C17H17NO4. The van der Waals surface area contributed by atoms with Gasteiger partial charge in [-0.05, 0) is 42.5 Å². The molecule has 0 saturated carbocycles. The third-order valence-corrected chi connectivity index (χ3v) is 3.35. The maximum Gasteiger partial charge on any atom is 0.336 e. The van der Waals surface area contributed by atoms with Crippen LogP contribution in [0.2, 0.25) is 0 Å². The number of benzene rings is 2.